The molecule has 1 fully saturated rings. The minimum absolute atomic E-state index is 0.0695. The van der Waals surface area contributed by atoms with Crippen LogP contribution in [0.25, 0.3) is 0 Å². The highest BCUT2D eigenvalue weighted by Gasteiger charge is 2.25. The molecule has 5 heteroatoms. The van der Waals surface area contributed by atoms with Crippen LogP contribution in [0.1, 0.15) is 18.2 Å². The molecule has 1 aliphatic heterocycles. The van der Waals surface area contributed by atoms with Gasteiger partial charge in [-0.15, -0.1) is 0 Å². The second-order valence-electron chi connectivity index (χ2n) is 4.73. The summed E-state index contributed by atoms with van der Waals surface area (Å²) in [6, 6.07) is 4.34. The Morgan fingerprint density at radius 2 is 2.44 bits per heavy atom. The largest absolute Gasteiger partial charge is 0.394 e. The van der Waals surface area contributed by atoms with Crippen LogP contribution in [0.5, 0.6) is 0 Å². The summed E-state index contributed by atoms with van der Waals surface area (Å²) in [7, 11) is 0. The molecule has 0 radical (unpaired) electrons. The number of ether oxygens (including phenoxy) is 1. The number of hydrogen-bond donors (Lipinski definition) is 2. The molecule has 100 valence electrons. The van der Waals surface area contributed by atoms with Crippen LogP contribution < -0.4 is 5.73 Å². The third-order valence-electron chi connectivity index (χ3n) is 3.39. The molecule has 1 aromatic rings. The van der Waals surface area contributed by atoms with E-state index in [0.717, 1.165) is 24.3 Å². The second-order valence-corrected chi connectivity index (χ2v) is 4.73. The van der Waals surface area contributed by atoms with E-state index >= 15 is 0 Å². The number of nitrogens with two attached hydrogens (primary N) is 1. The van der Waals surface area contributed by atoms with E-state index < -0.39 is 0 Å². The lowest BCUT2D eigenvalue weighted by Crippen LogP contribution is -2.49. The predicted molar refractivity (Wildman–Crippen MR) is 68.8 cm³/mol. The summed E-state index contributed by atoms with van der Waals surface area (Å²) in [5.74, 6) is 0. The molecule has 1 aliphatic rings. The standard InChI is InChI=1S/C13H21N3O2/c1-10-9-18-12(8-17)7-16(10)6-11-3-2-4-15-13(11)5-14/h2-4,10,12,17H,5-9,14H2,1H3. The Balaban J connectivity index is 2.07. The highest BCUT2D eigenvalue weighted by molar-refractivity contribution is 5.19. The average molecular weight is 251 g/mol. The summed E-state index contributed by atoms with van der Waals surface area (Å²) in [6.45, 7) is 4.87. The van der Waals surface area contributed by atoms with Crippen LogP contribution in [-0.2, 0) is 17.8 Å². The molecular formula is C13H21N3O2. The fourth-order valence-corrected chi connectivity index (χ4v) is 2.22. The van der Waals surface area contributed by atoms with Gasteiger partial charge in [0.25, 0.3) is 0 Å². The third-order valence-corrected chi connectivity index (χ3v) is 3.39. The number of aliphatic hydroxyl groups excluding tert-OH is 1. The Morgan fingerprint density at radius 3 is 3.17 bits per heavy atom. The normalized spacial score (nSPS) is 25.3. The fraction of sp³-hybridized carbons (Fsp3) is 0.615. The molecule has 0 saturated carbocycles. The summed E-state index contributed by atoms with van der Waals surface area (Å²) >= 11 is 0. The molecule has 2 heterocycles. The van der Waals surface area contributed by atoms with Gasteiger partial charge in [-0.05, 0) is 18.6 Å². The lowest BCUT2D eigenvalue weighted by Gasteiger charge is -2.37. The van der Waals surface area contributed by atoms with E-state index in [1.807, 2.05) is 6.07 Å². The molecule has 0 spiro atoms. The molecule has 3 N–H and O–H groups in total. The first-order chi connectivity index (χ1) is 8.74. The maximum atomic E-state index is 9.18. The zero-order chi connectivity index (χ0) is 13.0. The number of aliphatic hydroxyl groups is 1. The van der Waals surface area contributed by atoms with Gasteiger partial charge in [0.15, 0.2) is 0 Å². The lowest BCUT2D eigenvalue weighted by molar-refractivity contribution is -0.0806. The first-order valence-corrected chi connectivity index (χ1v) is 6.34. The van der Waals surface area contributed by atoms with Gasteiger partial charge in [0.05, 0.1) is 25.0 Å². The Bertz CT molecular complexity index is 386. The third kappa shape index (κ3) is 3.05. The Kier molecular flexibility index (Phi) is 4.66. The van der Waals surface area contributed by atoms with Gasteiger partial charge in [0.1, 0.15) is 0 Å². The summed E-state index contributed by atoms with van der Waals surface area (Å²) in [4.78, 5) is 6.60. The van der Waals surface area contributed by atoms with Crippen molar-refractivity contribution in [3.05, 3.63) is 29.6 Å². The fourth-order valence-electron chi connectivity index (χ4n) is 2.22. The quantitative estimate of drug-likeness (QED) is 0.795. The number of hydrogen-bond acceptors (Lipinski definition) is 5. The predicted octanol–water partition coefficient (Wildman–Crippen LogP) is 0.122. The zero-order valence-corrected chi connectivity index (χ0v) is 10.7. The van der Waals surface area contributed by atoms with Crippen molar-refractivity contribution in [2.75, 3.05) is 19.8 Å². The van der Waals surface area contributed by atoms with Crippen molar-refractivity contribution in [1.29, 1.82) is 0 Å². The summed E-state index contributed by atoms with van der Waals surface area (Å²) in [5, 5.41) is 9.18. The summed E-state index contributed by atoms with van der Waals surface area (Å²) < 4.78 is 5.53. The van der Waals surface area contributed by atoms with Crippen molar-refractivity contribution in [2.24, 2.45) is 5.73 Å². The van der Waals surface area contributed by atoms with E-state index in [1.165, 1.54) is 0 Å². The average Bonchev–Trinajstić information content (AvgIpc) is 2.42. The van der Waals surface area contributed by atoms with E-state index in [9.17, 15) is 5.11 Å². The van der Waals surface area contributed by atoms with E-state index in [2.05, 4.69) is 22.9 Å². The molecular weight excluding hydrogens is 230 g/mol. The van der Waals surface area contributed by atoms with Gasteiger partial charge in [0, 0.05) is 31.9 Å². The van der Waals surface area contributed by atoms with Crippen molar-refractivity contribution in [2.45, 2.75) is 32.2 Å². The molecule has 18 heavy (non-hydrogen) atoms. The number of nitrogens with zero attached hydrogens (tertiary/aromatic N) is 2. The molecule has 0 aliphatic carbocycles. The van der Waals surface area contributed by atoms with E-state index in [-0.39, 0.29) is 12.7 Å². The second kappa shape index (κ2) is 6.24. The van der Waals surface area contributed by atoms with Crippen molar-refractivity contribution >= 4 is 0 Å². The maximum Gasteiger partial charge on any atom is 0.0933 e. The Labute approximate surface area is 108 Å². The van der Waals surface area contributed by atoms with Gasteiger partial charge in [-0.1, -0.05) is 6.07 Å². The highest BCUT2D eigenvalue weighted by atomic mass is 16.5. The van der Waals surface area contributed by atoms with Crippen LogP contribution in [0, 0.1) is 0 Å². The van der Waals surface area contributed by atoms with Crippen molar-refractivity contribution in [1.82, 2.24) is 9.88 Å². The minimum Gasteiger partial charge on any atom is -0.394 e. The molecule has 2 unspecified atom stereocenters. The molecule has 1 saturated heterocycles. The first-order valence-electron chi connectivity index (χ1n) is 6.34. The number of morpholine rings is 1. The maximum absolute atomic E-state index is 9.18. The van der Waals surface area contributed by atoms with E-state index in [4.69, 9.17) is 10.5 Å². The van der Waals surface area contributed by atoms with E-state index in [1.54, 1.807) is 6.20 Å². The smallest absolute Gasteiger partial charge is 0.0933 e. The molecule has 0 amide bonds. The van der Waals surface area contributed by atoms with Gasteiger partial charge in [0.2, 0.25) is 0 Å². The Hall–Kier alpha value is -1.01. The Morgan fingerprint density at radius 1 is 1.61 bits per heavy atom. The summed E-state index contributed by atoms with van der Waals surface area (Å²) in [5.41, 5.74) is 7.80. The SMILES string of the molecule is CC1COC(CO)CN1Cc1cccnc1CN. The molecule has 5 nitrogen and oxygen atoms in total. The van der Waals surface area contributed by atoms with Crippen LogP contribution in [0.15, 0.2) is 18.3 Å². The minimum atomic E-state index is -0.0841. The number of pyridine rings is 1. The van der Waals surface area contributed by atoms with Gasteiger partial charge >= 0.3 is 0 Å². The molecule has 0 bridgehead atoms. The van der Waals surface area contributed by atoms with Gasteiger partial charge in [-0.2, -0.15) is 0 Å². The molecule has 0 aromatic carbocycles. The molecule has 2 atom stereocenters. The first kappa shape index (κ1) is 13.4. The van der Waals surface area contributed by atoms with Crippen molar-refractivity contribution in [3.8, 4) is 0 Å². The lowest BCUT2D eigenvalue weighted by atomic mass is 10.1. The van der Waals surface area contributed by atoms with Crippen molar-refractivity contribution < 1.29 is 9.84 Å². The highest BCUT2D eigenvalue weighted by Crippen LogP contribution is 2.16. The zero-order valence-electron chi connectivity index (χ0n) is 10.7. The molecule has 2 rings (SSSR count). The van der Waals surface area contributed by atoms with Crippen LogP contribution in [0.2, 0.25) is 0 Å². The van der Waals surface area contributed by atoms with Gasteiger partial charge < -0.3 is 15.6 Å². The summed E-state index contributed by atoms with van der Waals surface area (Å²) in [6.07, 6.45) is 1.68. The van der Waals surface area contributed by atoms with Crippen LogP contribution in [-0.4, -0.2) is 46.9 Å². The van der Waals surface area contributed by atoms with E-state index in [0.29, 0.717) is 19.2 Å². The molecule has 1 aromatic heterocycles. The van der Waals surface area contributed by atoms with Crippen LogP contribution in [0.4, 0.5) is 0 Å². The van der Waals surface area contributed by atoms with Crippen molar-refractivity contribution in [3.63, 3.8) is 0 Å². The monoisotopic (exact) mass is 251 g/mol. The number of aromatic nitrogens is 1. The number of rotatable bonds is 4. The topological polar surface area (TPSA) is 71.6 Å². The van der Waals surface area contributed by atoms with Crippen LogP contribution >= 0.6 is 0 Å². The van der Waals surface area contributed by atoms with Gasteiger partial charge in [-0.3, -0.25) is 9.88 Å². The van der Waals surface area contributed by atoms with Gasteiger partial charge in [-0.25, -0.2) is 0 Å². The van der Waals surface area contributed by atoms with Crippen LogP contribution in [0.3, 0.4) is 0 Å².